The van der Waals surface area contributed by atoms with E-state index in [9.17, 15) is 4.79 Å². The third-order valence-corrected chi connectivity index (χ3v) is 3.46. The molecule has 6 heteroatoms. The zero-order valence-corrected chi connectivity index (χ0v) is 9.75. The van der Waals surface area contributed by atoms with Crippen LogP contribution in [0, 0.1) is 0 Å². The molecule has 4 nitrogen and oxygen atoms in total. The van der Waals surface area contributed by atoms with Crippen molar-refractivity contribution in [3.8, 4) is 10.4 Å². The van der Waals surface area contributed by atoms with Gasteiger partial charge in [0.05, 0.1) is 21.7 Å². The van der Waals surface area contributed by atoms with Crippen LogP contribution < -0.4 is 0 Å². The molecule has 0 saturated carbocycles. The van der Waals surface area contributed by atoms with Crippen LogP contribution in [0.25, 0.3) is 10.4 Å². The largest absolute Gasteiger partial charge is 0.478 e. The summed E-state index contributed by atoms with van der Waals surface area (Å²) in [6.45, 7) is 0. The predicted octanol–water partition coefficient (Wildman–Crippen LogP) is 2.67. The maximum Gasteiger partial charge on any atom is 0.338 e. The van der Waals surface area contributed by atoms with Crippen molar-refractivity contribution in [2.45, 2.75) is 0 Å². The lowest BCUT2D eigenvalue weighted by Crippen LogP contribution is -2.00. The van der Waals surface area contributed by atoms with E-state index in [4.69, 9.17) is 5.11 Å². The molecule has 0 unspecified atom stereocenters. The van der Waals surface area contributed by atoms with Crippen molar-refractivity contribution in [1.29, 1.82) is 0 Å². The van der Waals surface area contributed by atoms with Gasteiger partial charge < -0.3 is 5.11 Å². The number of halogens is 1. The minimum absolute atomic E-state index is 0.166. The number of carbonyl (C=O) groups is 1. The molecule has 0 aliphatic heterocycles. The van der Waals surface area contributed by atoms with Crippen molar-refractivity contribution >= 4 is 33.2 Å². The lowest BCUT2D eigenvalue weighted by Gasteiger charge is -2.00. The van der Waals surface area contributed by atoms with Gasteiger partial charge in [-0.05, 0) is 28.1 Å². The van der Waals surface area contributed by atoms with Crippen LogP contribution in [0.5, 0.6) is 0 Å². The van der Waals surface area contributed by atoms with Crippen molar-refractivity contribution in [3.63, 3.8) is 0 Å². The smallest absolute Gasteiger partial charge is 0.338 e. The summed E-state index contributed by atoms with van der Waals surface area (Å²) in [7, 11) is 0. The molecule has 2 aromatic rings. The summed E-state index contributed by atoms with van der Waals surface area (Å²) in [6, 6.07) is 3.71. The molecule has 2 aromatic heterocycles. The Morgan fingerprint density at radius 1 is 1.33 bits per heavy atom. The maximum absolute atomic E-state index is 10.9. The highest BCUT2D eigenvalue weighted by Gasteiger charge is 2.13. The number of aromatic nitrogens is 2. The highest BCUT2D eigenvalue weighted by molar-refractivity contribution is 9.11. The molecule has 0 aromatic carbocycles. The molecule has 1 N–H and O–H groups in total. The van der Waals surface area contributed by atoms with E-state index in [0.717, 1.165) is 8.66 Å². The topological polar surface area (TPSA) is 63.1 Å². The Labute approximate surface area is 97.7 Å². The monoisotopic (exact) mass is 284 g/mol. The van der Waals surface area contributed by atoms with Crippen LogP contribution in [0.2, 0.25) is 0 Å². The summed E-state index contributed by atoms with van der Waals surface area (Å²) >= 11 is 4.78. The summed E-state index contributed by atoms with van der Waals surface area (Å²) in [4.78, 5) is 11.8. The number of rotatable bonds is 2. The highest BCUT2D eigenvalue weighted by atomic mass is 79.9. The van der Waals surface area contributed by atoms with Gasteiger partial charge in [-0.15, -0.1) is 11.3 Å². The number of aromatic carboxylic acids is 1. The summed E-state index contributed by atoms with van der Waals surface area (Å²) in [5.74, 6) is -0.996. The van der Waals surface area contributed by atoms with Gasteiger partial charge >= 0.3 is 5.97 Å². The van der Waals surface area contributed by atoms with E-state index in [1.807, 2.05) is 12.1 Å². The first-order valence-corrected chi connectivity index (χ1v) is 5.59. The van der Waals surface area contributed by atoms with E-state index < -0.39 is 5.97 Å². The van der Waals surface area contributed by atoms with Crippen LogP contribution in [-0.4, -0.2) is 21.3 Å². The SMILES string of the molecule is O=C(O)c1cnncc1-c1ccc(Br)s1. The van der Waals surface area contributed by atoms with E-state index in [1.165, 1.54) is 23.7 Å². The van der Waals surface area contributed by atoms with Gasteiger partial charge in [0, 0.05) is 10.4 Å². The van der Waals surface area contributed by atoms with E-state index >= 15 is 0 Å². The van der Waals surface area contributed by atoms with Crippen LogP contribution in [0.1, 0.15) is 10.4 Å². The Bertz CT molecular complexity index is 512. The van der Waals surface area contributed by atoms with Gasteiger partial charge in [-0.3, -0.25) is 0 Å². The molecule has 0 atom stereocenters. The minimum Gasteiger partial charge on any atom is -0.478 e. The molecular weight excluding hydrogens is 280 g/mol. The zero-order chi connectivity index (χ0) is 10.8. The lowest BCUT2D eigenvalue weighted by atomic mass is 10.1. The second kappa shape index (κ2) is 4.08. The molecule has 0 saturated heterocycles. The first-order chi connectivity index (χ1) is 7.18. The van der Waals surface area contributed by atoms with Crippen LogP contribution in [0.4, 0.5) is 0 Å². The molecule has 2 heterocycles. The zero-order valence-electron chi connectivity index (χ0n) is 7.35. The van der Waals surface area contributed by atoms with Gasteiger partial charge in [-0.25, -0.2) is 4.79 Å². The van der Waals surface area contributed by atoms with E-state index in [1.54, 1.807) is 0 Å². The predicted molar refractivity (Wildman–Crippen MR) is 60.0 cm³/mol. The molecule has 0 aliphatic rings. The van der Waals surface area contributed by atoms with E-state index in [0.29, 0.717) is 5.56 Å². The summed E-state index contributed by atoms with van der Waals surface area (Å²) in [5.41, 5.74) is 0.757. The van der Waals surface area contributed by atoms with Crippen molar-refractivity contribution in [1.82, 2.24) is 10.2 Å². The number of nitrogens with zero attached hydrogens (tertiary/aromatic N) is 2. The van der Waals surface area contributed by atoms with Crippen LogP contribution in [0.15, 0.2) is 28.3 Å². The molecule has 2 rings (SSSR count). The molecule has 0 spiro atoms. The normalized spacial score (nSPS) is 10.2. The molecule has 0 radical (unpaired) electrons. The second-order valence-electron chi connectivity index (χ2n) is 2.73. The Hall–Kier alpha value is -1.27. The van der Waals surface area contributed by atoms with Gasteiger partial charge in [0.15, 0.2) is 0 Å². The molecule has 0 fully saturated rings. The number of thiophene rings is 1. The maximum atomic E-state index is 10.9. The number of hydrogen-bond acceptors (Lipinski definition) is 4. The van der Waals surface area contributed by atoms with E-state index in [2.05, 4.69) is 26.1 Å². The molecular formula is C9H5BrN2O2S. The molecule has 0 aliphatic carbocycles. The Kier molecular flexibility index (Phi) is 2.79. The summed E-state index contributed by atoms with van der Waals surface area (Å²) in [6.07, 6.45) is 2.72. The third kappa shape index (κ3) is 2.05. The van der Waals surface area contributed by atoms with Crippen molar-refractivity contribution in [2.75, 3.05) is 0 Å². The van der Waals surface area contributed by atoms with Gasteiger partial charge in [-0.1, -0.05) is 0 Å². The lowest BCUT2D eigenvalue weighted by molar-refractivity contribution is 0.0697. The van der Waals surface area contributed by atoms with Crippen LogP contribution in [0.3, 0.4) is 0 Å². The second-order valence-corrected chi connectivity index (χ2v) is 5.19. The average molecular weight is 285 g/mol. The van der Waals surface area contributed by atoms with Crippen LogP contribution in [-0.2, 0) is 0 Å². The van der Waals surface area contributed by atoms with Crippen molar-refractivity contribution < 1.29 is 9.90 Å². The molecule has 0 bridgehead atoms. The van der Waals surface area contributed by atoms with Gasteiger partial charge in [0.25, 0.3) is 0 Å². The third-order valence-electron chi connectivity index (χ3n) is 1.80. The fourth-order valence-corrected chi connectivity index (χ4v) is 2.56. The van der Waals surface area contributed by atoms with Gasteiger partial charge in [-0.2, -0.15) is 10.2 Å². The molecule has 0 amide bonds. The van der Waals surface area contributed by atoms with Crippen molar-refractivity contribution in [3.05, 3.63) is 33.9 Å². The Morgan fingerprint density at radius 3 is 2.67 bits per heavy atom. The Morgan fingerprint density at radius 2 is 2.07 bits per heavy atom. The molecule has 76 valence electrons. The van der Waals surface area contributed by atoms with Crippen LogP contribution >= 0.6 is 27.3 Å². The first kappa shape index (κ1) is 10.3. The Balaban J connectivity index is 2.57. The quantitative estimate of drug-likeness (QED) is 0.921. The summed E-state index contributed by atoms with van der Waals surface area (Å²) in [5, 5.41) is 16.2. The fraction of sp³-hybridized carbons (Fsp3) is 0. The molecule has 15 heavy (non-hydrogen) atoms. The minimum atomic E-state index is -0.996. The van der Waals surface area contributed by atoms with E-state index in [-0.39, 0.29) is 5.56 Å². The van der Waals surface area contributed by atoms with Gasteiger partial charge in [0.2, 0.25) is 0 Å². The number of carboxylic acid groups (broad SMARTS) is 1. The summed E-state index contributed by atoms with van der Waals surface area (Å²) < 4.78 is 0.950. The van der Waals surface area contributed by atoms with Gasteiger partial charge in [0.1, 0.15) is 0 Å². The standard InChI is InChI=1S/C9H5BrN2O2S/c10-8-2-1-7(15-8)5-3-11-12-4-6(5)9(13)14/h1-4H,(H,13,14). The fourth-order valence-electron chi connectivity index (χ4n) is 1.15. The average Bonchev–Trinajstić information content (AvgIpc) is 2.65. The highest BCUT2D eigenvalue weighted by Crippen LogP contribution is 2.32. The first-order valence-electron chi connectivity index (χ1n) is 3.98. The number of carboxylic acids is 1. The van der Waals surface area contributed by atoms with Crippen molar-refractivity contribution in [2.24, 2.45) is 0 Å². The number of hydrogen-bond donors (Lipinski definition) is 1.